The SMILES string of the molecule is COc1cc(-c2cc(N)no2)c(OC)c(Cl)c1OC. The molecular formula is C12H13ClN2O4. The van der Waals surface area contributed by atoms with Crippen LogP contribution in [0.25, 0.3) is 11.3 Å². The van der Waals surface area contributed by atoms with Gasteiger partial charge in [-0.25, -0.2) is 0 Å². The Morgan fingerprint density at radius 1 is 1.11 bits per heavy atom. The van der Waals surface area contributed by atoms with Gasteiger partial charge in [-0.2, -0.15) is 0 Å². The highest BCUT2D eigenvalue weighted by molar-refractivity contribution is 6.34. The number of benzene rings is 1. The van der Waals surface area contributed by atoms with Gasteiger partial charge in [0, 0.05) is 6.07 Å². The number of nitrogens with zero attached hydrogens (tertiary/aromatic N) is 1. The fraction of sp³-hybridized carbons (Fsp3) is 0.250. The van der Waals surface area contributed by atoms with E-state index in [4.69, 9.17) is 36.1 Å². The molecule has 0 amide bonds. The van der Waals surface area contributed by atoms with E-state index in [-0.39, 0.29) is 10.8 Å². The monoisotopic (exact) mass is 284 g/mol. The predicted molar refractivity (Wildman–Crippen MR) is 71.0 cm³/mol. The van der Waals surface area contributed by atoms with Crippen LogP contribution in [0.3, 0.4) is 0 Å². The Bertz CT molecular complexity index is 598. The minimum atomic E-state index is 0.267. The smallest absolute Gasteiger partial charge is 0.183 e. The number of aromatic nitrogens is 1. The maximum Gasteiger partial charge on any atom is 0.183 e. The van der Waals surface area contributed by atoms with E-state index in [1.807, 2.05) is 0 Å². The average Bonchev–Trinajstić information content (AvgIpc) is 2.84. The normalized spacial score (nSPS) is 10.3. The van der Waals surface area contributed by atoms with E-state index in [1.54, 1.807) is 12.1 Å². The summed E-state index contributed by atoms with van der Waals surface area (Å²) in [5.41, 5.74) is 6.12. The lowest BCUT2D eigenvalue weighted by Gasteiger charge is -2.15. The third kappa shape index (κ3) is 2.26. The van der Waals surface area contributed by atoms with Crippen molar-refractivity contribution in [2.45, 2.75) is 0 Å². The summed E-state index contributed by atoms with van der Waals surface area (Å²) in [6.45, 7) is 0. The number of nitrogen functional groups attached to an aromatic ring is 1. The number of halogens is 1. The highest BCUT2D eigenvalue weighted by atomic mass is 35.5. The van der Waals surface area contributed by atoms with Gasteiger partial charge in [0.15, 0.2) is 28.8 Å². The molecule has 19 heavy (non-hydrogen) atoms. The van der Waals surface area contributed by atoms with Gasteiger partial charge in [-0.05, 0) is 6.07 Å². The second-order valence-corrected chi connectivity index (χ2v) is 4.00. The Morgan fingerprint density at radius 2 is 1.79 bits per heavy atom. The van der Waals surface area contributed by atoms with Gasteiger partial charge < -0.3 is 24.5 Å². The number of ether oxygens (including phenoxy) is 3. The molecule has 0 fully saturated rings. The van der Waals surface area contributed by atoms with Crippen LogP contribution in [0.4, 0.5) is 5.82 Å². The van der Waals surface area contributed by atoms with E-state index >= 15 is 0 Å². The molecule has 0 aliphatic rings. The first-order chi connectivity index (χ1) is 9.12. The average molecular weight is 285 g/mol. The topological polar surface area (TPSA) is 79.7 Å². The van der Waals surface area contributed by atoms with Crippen LogP contribution in [0.5, 0.6) is 17.2 Å². The molecule has 0 atom stereocenters. The van der Waals surface area contributed by atoms with E-state index in [9.17, 15) is 0 Å². The maximum absolute atomic E-state index is 6.23. The quantitative estimate of drug-likeness (QED) is 0.929. The van der Waals surface area contributed by atoms with Gasteiger partial charge in [-0.3, -0.25) is 0 Å². The van der Waals surface area contributed by atoms with Gasteiger partial charge >= 0.3 is 0 Å². The van der Waals surface area contributed by atoms with Crippen LogP contribution >= 0.6 is 11.6 Å². The summed E-state index contributed by atoms with van der Waals surface area (Å²) >= 11 is 6.23. The minimum Gasteiger partial charge on any atom is -0.494 e. The summed E-state index contributed by atoms with van der Waals surface area (Å²) in [6, 6.07) is 3.25. The molecule has 1 heterocycles. The zero-order valence-electron chi connectivity index (χ0n) is 10.7. The molecule has 0 saturated heterocycles. The van der Waals surface area contributed by atoms with Crippen LogP contribution in [-0.4, -0.2) is 26.5 Å². The molecule has 2 rings (SSSR count). The fourth-order valence-electron chi connectivity index (χ4n) is 1.73. The van der Waals surface area contributed by atoms with Gasteiger partial charge in [0.25, 0.3) is 0 Å². The number of anilines is 1. The molecule has 0 bridgehead atoms. The van der Waals surface area contributed by atoms with E-state index in [1.165, 1.54) is 21.3 Å². The first-order valence-corrected chi connectivity index (χ1v) is 5.71. The largest absolute Gasteiger partial charge is 0.494 e. The molecule has 0 spiro atoms. The number of hydrogen-bond acceptors (Lipinski definition) is 6. The van der Waals surface area contributed by atoms with Crippen LogP contribution in [0.15, 0.2) is 16.7 Å². The third-order valence-corrected chi connectivity index (χ3v) is 2.91. The van der Waals surface area contributed by atoms with Gasteiger partial charge in [0.1, 0.15) is 5.02 Å². The summed E-state index contributed by atoms with van der Waals surface area (Å²) in [5.74, 6) is 1.94. The molecule has 0 aliphatic carbocycles. The molecule has 0 radical (unpaired) electrons. The minimum absolute atomic E-state index is 0.267. The third-order valence-electron chi connectivity index (χ3n) is 2.56. The molecule has 0 unspecified atom stereocenters. The van der Waals surface area contributed by atoms with Crippen molar-refractivity contribution < 1.29 is 18.7 Å². The summed E-state index contributed by atoms with van der Waals surface area (Å²) in [5, 5.41) is 3.91. The van der Waals surface area contributed by atoms with Crippen molar-refractivity contribution in [1.29, 1.82) is 0 Å². The highest BCUT2D eigenvalue weighted by Gasteiger charge is 2.22. The first-order valence-electron chi connectivity index (χ1n) is 5.33. The number of methoxy groups -OCH3 is 3. The zero-order chi connectivity index (χ0) is 14.0. The Hall–Kier alpha value is -2.08. The van der Waals surface area contributed by atoms with E-state index < -0.39 is 0 Å². The molecule has 7 heteroatoms. The van der Waals surface area contributed by atoms with E-state index in [0.29, 0.717) is 28.6 Å². The van der Waals surface area contributed by atoms with Gasteiger partial charge in [0.2, 0.25) is 0 Å². The first kappa shape index (κ1) is 13.4. The van der Waals surface area contributed by atoms with Crippen molar-refractivity contribution in [3.8, 4) is 28.6 Å². The van der Waals surface area contributed by atoms with Crippen molar-refractivity contribution in [2.75, 3.05) is 27.1 Å². The Labute approximate surface area is 115 Å². The van der Waals surface area contributed by atoms with Crippen molar-refractivity contribution in [2.24, 2.45) is 0 Å². The molecule has 6 nitrogen and oxygen atoms in total. The van der Waals surface area contributed by atoms with Crippen molar-refractivity contribution in [3.05, 3.63) is 17.2 Å². The van der Waals surface area contributed by atoms with Crippen molar-refractivity contribution >= 4 is 17.4 Å². The summed E-state index contributed by atoms with van der Waals surface area (Å²) in [6.07, 6.45) is 0. The standard InChI is InChI=1S/C12H13ClN2O4/c1-16-8-4-6(7-5-9(14)15-19-7)11(17-2)10(13)12(8)18-3/h4-5H,1-3H3,(H2,14,15). The van der Waals surface area contributed by atoms with Crippen LogP contribution in [-0.2, 0) is 0 Å². The summed E-state index contributed by atoms with van der Waals surface area (Å²) < 4.78 is 20.8. The molecule has 0 aliphatic heterocycles. The number of hydrogen-bond donors (Lipinski definition) is 1. The van der Waals surface area contributed by atoms with Crippen molar-refractivity contribution in [1.82, 2.24) is 5.16 Å². The lowest BCUT2D eigenvalue weighted by molar-refractivity contribution is 0.349. The summed E-state index contributed by atoms with van der Waals surface area (Å²) in [7, 11) is 4.50. The van der Waals surface area contributed by atoms with Crippen LogP contribution < -0.4 is 19.9 Å². The van der Waals surface area contributed by atoms with E-state index in [2.05, 4.69) is 5.16 Å². The molecule has 0 saturated carbocycles. The Morgan fingerprint density at radius 3 is 2.26 bits per heavy atom. The Kier molecular flexibility index (Phi) is 3.71. The number of nitrogens with two attached hydrogens (primary N) is 1. The van der Waals surface area contributed by atoms with E-state index in [0.717, 1.165) is 0 Å². The second kappa shape index (κ2) is 5.27. The fourth-order valence-corrected chi connectivity index (χ4v) is 2.08. The zero-order valence-corrected chi connectivity index (χ0v) is 11.4. The van der Waals surface area contributed by atoms with Crippen molar-refractivity contribution in [3.63, 3.8) is 0 Å². The maximum atomic E-state index is 6.23. The molecule has 2 N–H and O–H groups in total. The van der Waals surface area contributed by atoms with Gasteiger partial charge in [0.05, 0.1) is 26.9 Å². The highest BCUT2D eigenvalue weighted by Crippen LogP contribution is 2.47. The lowest BCUT2D eigenvalue weighted by Crippen LogP contribution is -1.96. The Balaban J connectivity index is 2.69. The molecule has 1 aromatic heterocycles. The molecule has 1 aromatic carbocycles. The number of rotatable bonds is 4. The predicted octanol–water partition coefficient (Wildman–Crippen LogP) is 2.60. The van der Waals surface area contributed by atoms with Crippen LogP contribution in [0, 0.1) is 0 Å². The van der Waals surface area contributed by atoms with Gasteiger partial charge in [-0.15, -0.1) is 0 Å². The van der Waals surface area contributed by atoms with Crippen LogP contribution in [0.2, 0.25) is 5.02 Å². The molecule has 2 aromatic rings. The molecule has 102 valence electrons. The molecular weight excluding hydrogens is 272 g/mol. The van der Waals surface area contributed by atoms with Crippen LogP contribution in [0.1, 0.15) is 0 Å². The summed E-state index contributed by atoms with van der Waals surface area (Å²) in [4.78, 5) is 0. The van der Waals surface area contributed by atoms with Gasteiger partial charge in [-0.1, -0.05) is 16.8 Å². The lowest BCUT2D eigenvalue weighted by atomic mass is 10.1. The second-order valence-electron chi connectivity index (χ2n) is 3.62.